The van der Waals surface area contributed by atoms with Crippen molar-refractivity contribution in [2.24, 2.45) is 0 Å². The smallest absolute Gasteiger partial charge is 0.252 e. The van der Waals surface area contributed by atoms with Crippen molar-refractivity contribution < 1.29 is 4.79 Å². The Bertz CT molecular complexity index is 736. The predicted octanol–water partition coefficient (Wildman–Crippen LogP) is 3.64. The van der Waals surface area contributed by atoms with Gasteiger partial charge in [0.05, 0.1) is 5.56 Å². The van der Waals surface area contributed by atoms with Crippen LogP contribution in [0.15, 0.2) is 42.6 Å². The molecule has 1 saturated heterocycles. The molecule has 144 valence electrons. The molecule has 0 atom stereocenters. The van der Waals surface area contributed by atoms with Crippen LogP contribution in [0.2, 0.25) is 0 Å². The normalized spacial score (nSPS) is 14.3. The highest BCUT2D eigenvalue weighted by Gasteiger charge is 2.18. The van der Waals surface area contributed by atoms with Crippen molar-refractivity contribution in [2.75, 3.05) is 42.5 Å². The Balaban J connectivity index is 1.52. The number of carbonyl (C=O) groups is 1. The third-order valence-corrected chi connectivity index (χ3v) is 5.05. The van der Waals surface area contributed by atoms with Crippen LogP contribution < -0.4 is 15.1 Å². The van der Waals surface area contributed by atoms with Crippen LogP contribution in [-0.4, -0.2) is 43.6 Å². The Morgan fingerprint density at radius 2 is 1.85 bits per heavy atom. The highest BCUT2D eigenvalue weighted by Crippen LogP contribution is 2.20. The van der Waals surface area contributed by atoms with Crippen molar-refractivity contribution in [1.29, 1.82) is 0 Å². The van der Waals surface area contributed by atoms with E-state index in [4.69, 9.17) is 0 Å². The molecule has 1 aromatic heterocycles. The summed E-state index contributed by atoms with van der Waals surface area (Å²) in [6.45, 7) is 8.84. The van der Waals surface area contributed by atoms with Crippen LogP contribution in [0, 0.1) is 6.92 Å². The van der Waals surface area contributed by atoms with E-state index in [2.05, 4.69) is 58.2 Å². The molecule has 1 amide bonds. The molecule has 1 N–H and O–H groups in total. The Kier molecular flexibility index (Phi) is 6.69. The molecule has 0 saturated carbocycles. The summed E-state index contributed by atoms with van der Waals surface area (Å²) in [5.41, 5.74) is 3.21. The van der Waals surface area contributed by atoms with E-state index < -0.39 is 0 Å². The fourth-order valence-electron chi connectivity index (χ4n) is 3.40. The lowest BCUT2D eigenvalue weighted by atomic mass is 10.2. The number of benzene rings is 1. The van der Waals surface area contributed by atoms with Gasteiger partial charge in [0.15, 0.2) is 0 Å². The predicted molar refractivity (Wildman–Crippen MR) is 112 cm³/mol. The number of aryl methyl sites for hydroxylation is 1. The van der Waals surface area contributed by atoms with Crippen LogP contribution in [0.1, 0.15) is 42.1 Å². The summed E-state index contributed by atoms with van der Waals surface area (Å²) >= 11 is 0. The number of pyridine rings is 1. The van der Waals surface area contributed by atoms with E-state index in [9.17, 15) is 4.79 Å². The average molecular weight is 367 g/mol. The third-order valence-electron chi connectivity index (χ3n) is 5.05. The maximum absolute atomic E-state index is 12.2. The molecule has 5 heteroatoms. The van der Waals surface area contributed by atoms with Gasteiger partial charge in [-0.15, -0.1) is 0 Å². The van der Waals surface area contributed by atoms with Crippen molar-refractivity contribution in [3.8, 4) is 0 Å². The first-order valence-electron chi connectivity index (χ1n) is 9.98. The first kappa shape index (κ1) is 19.2. The molecule has 0 unspecified atom stereocenters. The summed E-state index contributed by atoms with van der Waals surface area (Å²) < 4.78 is 0. The number of anilines is 2. The van der Waals surface area contributed by atoms with Crippen LogP contribution in [0.3, 0.4) is 0 Å². The molecular weight excluding hydrogens is 336 g/mol. The second-order valence-corrected chi connectivity index (χ2v) is 7.18. The van der Waals surface area contributed by atoms with Gasteiger partial charge in [0.1, 0.15) is 5.82 Å². The van der Waals surface area contributed by atoms with E-state index in [1.165, 1.54) is 11.3 Å². The van der Waals surface area contributed by atoms with Crippen LogP contribution in [0.25, 0.3) is 0 Å². The Morgan fingerprint density at radius 1 is 1.07 bits per heavy atom. The molecule has 0 spiro atoms. The number of carbonyl (C=O) groups excluding carboxylic acids is 1. The van der Waals surface area contributed by atoms with E-state index in [1.54, 1.807) is 6.20 Å². The van der Waals surface area contributed by atoms with Gasteiger partial charge in [0.2, 0.25) is 0 Å². The van der Waals surface area contributed by atoms with Gasteiger partial charge in [0, 0.05) is 44.6 Å². The van der Waals surface area contributed by atoms with E-state index in [-0.39, 0.29) is 5.91 Å². The highest BCUT2D eigenvalue weighted by molar-refractivity contribution is 5.94. The monoisotopic (exact) mass is 366 g/mol. The average Bonchev–Trinajstić information content (AvgIpc) is 2.71. The summed E-state index contributed by atoms with van der Waals surface area (Å²) in [6.07, 6.45) is 5.02. The fraction of sp³-hybridized carbons (Fsp3) is 0.455. The molecule has 27 heavy (non-hydrogen) atoms. The number of nitrogens with one attached hydrogen (secondary N) is 1. The number of hydrogen-bond acceptors (Lipinski definition) is 4. The zero-order valence-electron chi connectivity index (χ0n) is 16.4. The van der Waals surface area contributed by atoms with Gasteiger partial charge in [-0.2, -0.15) is 0 Å². The number of rotatable bonds is 7. The molecule has 0 radical (unpaired) electrons. The summed E-state index contributed by atoms with van der Waals surface area (Å²) in [5, 5.41) is 2.96. The second-order valence-electron chi connectivity index (χ2n) is 7.18. The van der Waals surface area contributed by atoms with Crippen LogP contribution >= 0.6 is 0 Å². The van der Waals surface area contributed by atoms with Gasteiger partial charge in [0.25, 0.3) is 5.91 Å². The lowest BCUT2D eigenvalue weighted by molar-refractivity contribution is 0.0952. The van der Waals surface area contributed by atoms with Gasteiger partial charge in [-0.05, 0) is 43.2 Å². The highest BCUT2D eigenvalue weighted by atomic mass is 16.1. The number of unbranched alkanes of at least 4 members (excludes halogenated alkanes) is 2. The summed E-state index contributed by atoms with van der Waals surface area (Å²) in [5.74, 6) is 0.913. The maximum Gasteiger partial charge on any atom is 0.252 e. The van der Waals surface area contributed by atoms with Crippen LogP contribution in [0.5, 0.6) is 0 Å². The SMILES string of the molecule is CCCCCNC(=O)c1ccc(N2CCN(c3cccc(C)c3)CC2)nc1. The van der Waals surface area contributed by atoms with Crippen LogP contribution in [0.4, 0.5) is 11.5 Å². The van der Waals surface area contributed by atoms with Crippen molar-refractivity contribution in [2.45, 2.75) is 33.1 Å². The largest absolute Gasteiger partial charge is 0.368 e. The summed E-state index contributed by atoms with van der Waals surface area (Å²) in [6, 6.07) is 12.5. The molecule has 0 aliphatic carbocycles. The molecule has 1 aromatic carbocycles. The number of hydrogen-bond donors (Lipinski definition) is 1. The Labute approximate surface area is 162 Å². The standard InChI is InChI=1S/C22H30N4O/c1-3-4-5-11-23-22(27)19-9-10-21(24-17-19)26-14-12-25(13-15-26)20-8-6-7-18(2)16-20/h6-10,16-17H,3-5,11-15H2,1-2H3,(H,23,27). The van der Waals surface area contributed by atoms with Gasteiger partial charge >= 0.3 is 0 Å². The Hall–Kier alpha value is -2.56. The van der Waals surface area contributed by atoms with Gasteiger partial charge in [-0.3, -0.25) is 4.79 Å². The lowest BCUT2D eigenvalue weighted by Crippen LogP contribution is -2.46. The van der Waals surface area contributed by atoms with Crippen molar-refractivity contribution >= 4 is 17.4 Å². The van der Waals surface area contributed by atoms with E-state index in [1.807, 2.05) is 12.1 Å². The van der Waals surface area contributed by atoms with E-state index >= 15 is 0 Å². The topological polar surface area (TPSA) is 48.5 Å². The second kappa shape index (κ2) is 9.40. The Morgan fingerprint density at radius 3 is 2.52 bits per heavy atom. The minimum atomic E-state index is -0.0329. The van der Waals surface area contributed by atoms with Crippen molar-refractivity contribution in [3.63, 3.8) is 0 Å². The molecule has 2 aromatic rings. The lowest BCUT2D eigenvalue weighted by Gasteiger charge is -2.36. The number of amides is 1. The molecule has 2 heterocycles. The number of nitrogens with zero attached hydrogens (tertiary/aromatic N) is 3. The summed E-state index contributed by atoms with van der Waals surface area (Å²) in [7, 11) is 0. The quantitative estimate of drug-likeness (QED) is 0.760. The van der Waals surface area contributed by atoms with E-state index in [0.717, 1.165) is 57.8 Å². The molecule has 3 rings (SSSR count). The third kappa shape index (κ3) is 5.22. The van der Waals surface area contributed by atoms with Gasteiger partial charge < -0.3 is 15.1 Å². The summed E-state index contributed by atoms with van der Waals surface area (Å²) in [4.78, 5) is 21.4. The molecule has 0 bridgehead atoms. The molecular formula is C22H30N4O. The minimum Gasteiger partial charge on any atom is -0.368 e. The van der Waals surface area contributed by atoms with Crippen LogP contribution in [-0.2, 0) is 0 Å². The maximum atomic E-state index is 12.2. The van der Waals surface area contributed by atoms with Gasteiger partial charge in [-0.25, -0.2) is 4.98 Å². The molecule has 1 aliphatic heterocycles. The first-order chi connectivity index (χ1) is 13.2. The molecule has 1 fully saturated rings. The van der Waals surface area contributed by atoms with E-state index in [0.29, 0.717) is 5.56 Å². The zero-order valence-corrected chi connectivity index (χ0v) is 16.4. The zero-order chi connectivity index (χ0) is 19.1. The van der Waals surface area contributed by atoms with Crippen molar-refractivity contribution in [1.82, 2.24) is 10.3 Å². The number of piperazine rings is 1. The minimum absolute atomic E-state index is 0.0329. The number of aromatic nitrogens is 1. The first-order valence-corrected chi connectivity index (χ1v) is 9.98. The van der Waals surface area contributed by atoms with Crippen molar-refractivity contribution in [3.05, 3.63) is 53.7 Å². The fourth-order valence-corrected chi connectivity index (χ4v) is 3.40. The molecule has 1 aliphatic rings. The molecule has 5 nitrogen and oxygen atoms in total. The van der Waals surface area contributed by atoms with Gasteiger partial charge in [-0.1, -0.05) is 31.9 Å².